The van der Waals surface area contributed by atoms with Crippen LogP contribution in [0.2, 0.25) is 10.0 Å². The maximum Gasteiger partial charge on any atom is 0.410 e. The molecule has 0 radical (unpaired) electrons. The number of thioether (sulfide) groups is 1. The number of amides is 1. The quantitative estimate of drug-likeness (QED) is 0.224. The molecular weight excluding hydrogens is 569 g/mol. The van der Waals surface area contributed by atoms with Crippen LogP contribution in [0.1, 0.15) is 63.0 Å². The van der Waals surface area contributed by atoms with Crippen molar-refractivity contribution in [2.75, 3.05) is 13.1 Å². The van der Waals surface area contributed by atoms with Crippen molar-refractivity contribution in [3.63, 3.8) is 0 Å². The molecule has 2 atom stereocenters. The first-order valence-electron chi connectivity index (χ1n) is 12.9. The molecule has 5 heterocycles. The van der Waals surface area contributed by atoms with Gasteiger partial charge in [0.05, 0.1) is 39.6 Å². The third kappa shape index (κ3) is 5.92. The zero-order valence-electron chi connectivity index (χ0n) is 22.6. The Kier molecular flexibility index (Phi) is 8.00. The van der Waals surface area contributed by atoms with E-state index in [1.54, 1.807) is 39.8 Å². The smallest absolute Gasteiger partial charge is 0.410 e. The first-order valence-corrected chi connectivity index (χ1v) is 14.6. The number of pyridine rings is 2. The number of carbonyl (C=O) groups is 1. The molecule has 40 heavy (non-hydrogen) atoms. The molecule has 1 amide bonds. The van der Waals surface area contributed by atoms with Crippen molar-refractivity contribution >= 4 is 46.6 Å². The van der Waals surface area contributed by atoms with Crippen LogP contribution in [-0.2, 0) is 4.74 Å². The highest BCUT2D eigenvalue weighted by atomic mass is 35.5. The summed E-state index contributed by atoms with van der Waals surface area (Å²) < 4.78 is 9.23. The van der Waals surface area contributed by atoms with Crippen LogP contribution in [0, 0.1) is 11.3 Å². The molecule has 1 aliphatic heterocycles. The molecule has 0 spiro atoms. The number of ether oxygens (including phenoxy) is 1. The third-order valence-electron chi connectivity index (χ3n) is 6.66. The second-order valence-electron chi connectivity index (χ2n) is 10.8. The van der Waals surface area contributed by atoms with E-state index in [9.17, 15) is 10.1 Å². The van der Waals surface area contributed by atoms with Gasteiger partial charge in [-0.25, -0.2) is 9.31 Å². The highest BCUT2D eigenvalue weighted by Crippen LogP contribution is 2.43. The second-order valence-corrected chi connectivity index (χ2v) is 13.0. The van der Waals surface area contributed by atoms with Gasteiger partial charge < -0.3 is 9.64 Å². The highest BCUT2D eigenvalue weighted by molar-refractivity contribution is 7.99. The fraction of sp³-hybridized carbons (Fsp3) is 0.393. The van der Waals surface area contributed by atoms with E-state index in [2.05, 4.69) is 21.3 Å². The van der Waals surface area contributed by atoms with Gasteiger partial charge in [0.15, 0.2) is 0 Å². The zero-order valence-corrected chi connectivity index (χ0v) is 25.0. The standard InChI is InChI=1S/C28H29Cl2N7O2S/c1-17(25-22(29)12-32-13-23(25)30)40-24-8-18(14-37-26(24)19(9-31)10-34-37)20-11-33-36(15-20)21-6-5-7-35(16-21)27(38)39-28(2,3)4/h8,10-15,17,21H,5-7,16H2,1-4H3/t17-,21+/m1/s1. The van der Waals surface area contributed by atoms with Crippen LogP contribution in [-0.4, -0.2) is 54.1 Å². The van der Waals surface area contributed by atoms with E-state index in [-0.39, 0.29) is 17.4 Å². The molecule has 0 bridgehead atoms. The molecule has 0 unspecified atom stereocenters. The van der Waals surface area contributed by atoms with Crippen molar-refractivity contribution in [2.45, 2.75) is 62.3 Å². The lowest BCUT2D eigenvalue weighted by Gasteiger charge is -2.34. The molecule has 0 aromatic carbocycles. The molecule has 12 heteroatoms. The summed E-state index contributed by atoms with van der Waals surface area (Å²) in [6, 6.07) is 4.32. The second kappa shape index (κ2) is 11.3. The van der Waals surface area contributed by atoms with Gasteiger partial charge in [-0.2, -0.15) is 15.5 Å². The number of nitriles is 1. The fourth-order valence-corrected chi connectivity index (χ4v) is 6.91. The minimum Gasteiger partial charge on any atom is -0.444 e. The molecule has 4 aromatic heterocycles. The first kappa shape index (κ1) is 28.3. The molecule has 0 saturated carbocycles. The SMILES string of the molecule is C[C@@H](Sc1cc(-c2cnn([C@H]3CCCN(C(=O)OC(C)(C)C)C3)c2)cn2ncc(C#N)c12)c1c(Cl)cncc1Cl. The molecule has 0 N–H and O–H groups in total. The van der Waals surface area contributed by atoms with Crippen LogP contribution in [0.4, 0.5) is 4.79 Å². The molecule has 1 saturated heterocycles. The molecule has 0 aliphatic carbocycles. The lowest BCUT2D eigenvalue weighted by Crippen LogP contribution is -2.43. The topological polar surface area (TPSA) is 101 Å². The highest BCUT2D eigenvalue weighted by Gasteiger charge is 2.29. The van der Waals surface area contributed by atoms with Gasteiger partial charge in [0.1, 0.15) is 11.7 Å². The Morgan fingerprint density at radius 2 is 1.90 bits per heavy atom. The maximum absolute atomic E-state index is 12.7. The summed E-state index contributed by atoms with van der Waals surface area (Å²) in [5.74, 6) is 0. The summed E-state index contributed by atoms with van der Waals surface area (Å²) in [7, 11) is 0. The van der Waals surface area contributed by atoms with Crippen molar-refractivity contribution < 1.29 is 9.53 Å². The largest absolute Gasteiger partial charge is 0.444 e. The zero-order chi connectivity index (χ0) is 28.6. The predicted octanol–water partition coefficient (Wildman–Crippen LogP) is 7.20. The Balaban J connectivity index is 1.44. The Morgan fingerprint density at radius 1 is 1.15 bits per heavy atom. The van der Waals surface area contributed by atoms with Gasteiger partial charge in [-0.05, 0) is 46.6 Å². The fourth-order valence-electron chi connectivity index (χ4n) is 4.82. The van der Waals surface area contributed by atoms with Gasteiger partial charge in [-0.15, -0.1) is 11.8 Å². The van der Waals surface area contributed by atoms with E-state index in [0.29, 0.717) is 28.7 Å². The van der Waals surface area contributed by atoms with Crippen LogP contribution < -0.4 is 0 Å². The normalized spacial score (nSPS) is 16.6. The number of rotatable bonds is 5. The van der Waals surface area contributed by atoms with E-state index in [1.165, 1.54) is 0 Å². The minimum atomic E-state index is -0.541. The van der Waals surface area contributed by atoms with Gasteiger partial charge in [-0.1, -0.05) is 23.2 Å². The summed E-state index contributed by atoms with van der Waals surface area (Å²) in [5, 5.41) is 19.7. The van der Waals surface area contributed by atoms with E-state index >= 15 is 0 Å². The van der Waals surface area contributed by atoms with Gasteiger partial charge in [0.25, 0.3) is 0 Å². The van der Waals surface area contributed by atoms with Crippen LogP contribution in [0.25, 0.3) is 16.6 Å². The summed E-state index contributed by atoms with van der Waals surface area (Å²) in [6.07, 6.45) is 11.9. The minimum absolute atomic E-state index is 0.0403. The Bertz CT molecular complexity index is 1580. The number of nitrogens with zero attached hydrogens (tertiary/aromatic N) is 7. The number of hydrogen-bond donors (Lipinski definition) is 0. The average molecular weight is 599 g/mol. The average Bonchev–Trinajstić information content (AvgIpc) is 3.55. The molecule has 5 rings (SSSR count). The monoisotopic (exact) mass is 597 g/mol. The number of carbonyl (C=O) groups excluding carboxylic acids is 1. The number of hydrogen-bond acceptors (Lipinski definition) is 7. The number of halogens is 2. The van der Waals surface area contributed by atoms with Gasteiger partial charge in [-0.3, -0.25) is 9.67 Å². The number of aromatic nitrogens is 5. The summed E-state index contributed by atoms with van der Waals surface area (Å²) in [6.45, 7) is 8.83. The number of piperidine rings is 1. The van der Waals surface area contributed by atoms with Gasteiger partial charge in [0, 0.05) is 64.7 Å². The van der Waals surface area contributed by atoms with Crippen molar-refractivity contribution in [3.8, 4) is 17.2 Å². The van der Waals surface area contributed by atoms with Gasteiger partial charge in [0.2, 0.25) is 0 Å². The number of likely N-dealkylation sites (tertiary alicyclic amines) is 1. The van der Waals surface area contributed by atoms with E-state index in [1.807, 2.05) is 57.0 Å². The predicted molar refractivity (Wildman–Crippen MR) is 156 cm³/mol. The number of fused-ring (bicyclic) bond motifs is 1. The molecule has 9 nitrogen and oxygen atoms in total. The third-order valence-corrected chi connectivity index (χ3v) is 8.41. The molecule has 1 fully saturated rings. The Morgan fingerprint density at radius 3 is 2.60 bits per heavy atom. The molecular formula is C28H29Cl2N7O2S. The molecule has 1 aliphatic rings. The van der Waals surface area contributed by atoms with Crippen molar-refractivity contribution in [1.82, 2.24) is 29.3 Å². The van der Waals surface area contributed by atoms with E-state index < -0.39 is 5.60 Å². The van der Waals surface area contributed by atoms with E-state index in [0.717, 1.165) is 39.9 Å². The van der Waals surface area contributed by atoms with Crippen molar-refractivity contribution in [2.24, 2.45) is 0 Å². The maximum atomic E-state index is 12.7. The Labute approximate surface area is 247 Å². The van der Waals surface area contributed by atoms with Crippen molar-refractivity contribution in [3.05, 3.63) is 64.4 Å². The summed E-state index contributed by atoms with van der Waals surface area (Å²) >= 11 is 14.4. The van der Waals surface area contributed by atoms with Crippen LogP contribution >= 0.6 is 35.0 Å². The summed E-state index contributed by atoms with van der Waals surface area (Å²) in [5.41, 5.74) is 3.24. The first-order chi connectivity index (χ1) is 19.0. The van der Waals surface area contributed by atoms with Crippen LogP contribution in [0.3, 0.4) is 0 Å². The van der Waals surface area contributed by atoms with Crippen LogP contribution in [0.5, 0.6) is 0 Å². The van der Waals surface area contributed by atoms with Crippen molar-refractivity contribution in [1.29, 1.82) is 5.26 Å². The van der Waals surface area contributed by atoms with Gasteiger partial charge >= 0.3 is 6.09 Å². The molecule has 208 valence electrons. The Hall–Kier alpha value is -3.26. The van der Waals surface area contributed by atoms with Crippen LogP contribution in [0.15, 0.2) is 48.1 Å². The lowest BCUT2D eigenvalue weighted by atomic mass is 10.1. The van der Waals surface area contributed by atoms with E-state index in [4.69, 9.17) is 27.9 Å². The lowest BCUT2D eigenvalue weighted by molar-refractivity contribution is 0.0167. The summed E-state index contributed by atoms with van der Waals surface area (Å²) in [4.78, 5) is 19.3. The molecule has 4 aromatic rings.